The number of aromatic nitrogens is 2. The SMILES string of the molecule is CC(C)(C)C(=O)NCCCC(=O)Nc1c(-c2ccc(F)cc2)ncn1Cc1ccccc1. The predicted octanol–water partition coefficient (Wildman–Crippen LogP) is 4.62. The molecule has 168 valence electrons. The minimum Gasteiger partial charge on any atom is -0.356 e. The van der Waals surface area contributed by atoms with Crippen LogP contribution in [0, 0.1) is 11.2 Å². The molecule has 0 radical (unpaired) electrons. The lowest BCUT2D eigenvalue weighted by Crippen LogP contribution is -2.35. The fourth-order valence-corrected chi connectivity index (χ4v) is 3.14. The average molecular weight is 437 g/mol. The number of halogens is 1. The molecule has 3 rings (SSSR count). The molecule has 0 unspecified atom stereocenters. The molecule has 2 aromatic carbocycles. The summed E-state index contributed by atoms with van der Waals surface area (Å²) in [4.78, 5) is 29.1. The number of carbonyl (C=O) groups is 2. The van der Waals surface area contributed by atoms with Crippen LogP contribution in [0.3, 0.4) is 0 Å². The molecule has 0 atom stereocenters. The number of anilines is 1. The van der Waals surface area contributed by atoms with Crippen molar-refractivity contribution >= 4 is 17.6 Å². The highest BCUT2D eigenvalue weighted by Gasteiger charge is 2.20. The molecule has 0 saturated heterocycles. The molecule has 1 aromatic heterocycles. The van der Waals surface area contributed by atoms with Gasteiger partial charge in [0.25, 0.3) is 0 Å². The highest BCUT2D eigenvalue weighted by molar-refractivity contribution is 5.93. The largest absolute Gasteiger partial charge is 0.356 e. The van der Waals surface area contributed by atoms with Crippen molar-refractivity contribution < 1.29 is 14.0 Å². The van der Waals surface area contributed by atoms with Crippen LogP contribution in [-0.4, -0.2) is 27.9 Å². The number of rotatable bonds is 8. The lowest BCUT2D eigenvalue weighted by molar-refractivity contribution is -0.128. The lowest BCUT2D eigenvalue weighted by Gasteiger charge is -2.17. The van der Waals surface area contributed by atoms with Gasteiger partial charge in [0.05, 0.1) is 12.9 Å². The van der Waals surface area contributed by atoms with Gasteiger partial charge in [0, 0.05) is 23.9 Å². The highest BCUT2D eigenvalue weighted by Crippen LogP contribution is 2.28. The van der Waals surface area contributed by atoms with E-state index in [0.717, 1.165) is 5.56 Å². The molecule has 0 saturated carbocycles. The van der Waals surface area contributed by atoms with E-state index in [1.165, 1.54) is 12.1 Å². The third-order valence-electron chi connectivity index (χ3n) is 4.96. The molecule has 0 aliphatic rings. The first-order valence-electron chi connectivity index (χ1n) is 10.7. The maximum Gasteiger partial charge on any atom is 0.225 e. The highest BCUT2D eigenvalue weighted by atomic mass is 19.1. The van der Waals surface area contributed by atoms with Crippen LogP contribution in [0.2, 0.25) is 0 Å². The lowest BCUT2D eigenvalue weighted by atomic mass is 9.96. The number of hydrogen-bond acceptors (Lipinski definition) is 3. The minimum atomic E-state index is -0.462. The van der Waals surface area contributed by atoms with Gasteiger partial charge in [0.1, 0.15) is 17.3 Å². The van der Waals surface area contributed by atoms with E-state index in [1.807, 2.05) is 55.7 Å². The van der Waals surface area contributed by atoms with Gasteiger partial charge in [-0.25, -0.2) is 9.37 Å². The van der Waals surface area contributed by atoms with Gasteiger partial charge in [-0.15, -0.1) is 0 Å². The van der Waals surface area contributed by atoms with Crippen molar-refractivity contribution in [2.45, 2.75) is 40.2 Å². The molecule has 0 spiro atoms. The average Bonchev–Trinajstić information content (AvgIpc) is 3.13. The number of carbonyl (C=O) groups excluding carboxylic acids is 2. The summed E-state index contributed by atoms with van der Waals surface area (Å²) in [5.74, 6) is 0.00942. The summed E-state index contributed by atoms with van der Waals surface area (Å²) >= 11 is 0. The van der Waals surface area contributed by atoms with Crippen molar-refractivity contribution in [1.29, 1.82) is 0 Å². The molecule has 0 aliphatic heterocycles. The number of hydrogen-bond donors (Lipinski definition) is 2. The first kappa shape index (κ1) is 23.2. The Morgan fingerprint density at radius 1 is 1.03 bits per heavy atom. The Kier molecular flexibility index (Phi) is 7.41. The third-order valence-corrected chi connectivity index (χ3v) is 4.96. The molecule has 6 nitrogen and oxygen atoms in total. The van der Waals surface area contributed by atoms with Crippen LogP contribution in [-0.2, 0) is 16.1 Å². The van der Waals surface area contributed by atoms with Crippen LogP contribution in [0.4, 0.5) is 10.2 Å². The Hall–Kier alpha value is -3.48. The second-order valence-corrected chi connectivity index (χ2v) is 8.72. The van der Waals surface area contributed by atoms with Crippen LogP contribution < -0.4 is 10.6 Å². The van der Waals surface area contributed by atoms with Crippen LogP contribution in [0.1, 0.15) is 39.2 Å². The number of nitrogens with zero attached hydrogens (tertiary/aromatic N) is 2. The second kappa shape index (κ2) is 10.2. The molecule has 1 heterocycles. The van der Waals surface area contributed by atoms with Crippen LogP contribution in [0.5, 0.6) is 0 Å². The van der Waals surface area contributed by atoms with E-state index < -0.39 is 5.41 Å². The van der Waals surface area contributed by atoms with Crippen molar-refractivity contribution in [3.63, 3.8) is 0 Å². The zero-order valence-electron chi connectivity index (χ0n) is 18.7. The van der Waals surface area contributed by atoms with E-state index in [-0.39, 0.29) is 24.1 Å². The van der Waals surface area contributed by atoms with E-state index in [9.17, 15) is 14.0 Å². The molecule has 3 aromatic rings. The summed E-state index contributed by atoms with van der Waals surface area (Å²) in [6.07, 6.45) is 2.45. The van der Waals surface area contributed by atoms with E-state index in [0.29, 0.717) is 36.6 Å². The third kappa shape index (κ3) is 6.26. The monoisotopic (exact) mass is 436 g/mol. The number of amides is 2. The van der Waals surface area contributed by atoms with Gasteiger partial charge in [-0.2, -0.15) is 0 Å². The summed E-state index contributed by atoms with van der Waals surface area (Å²) in [7, 11) is 0. The maximum atomic E-state index is 13.4. The summed E-state index contributed by atoms with van der Waals surface area (Å²) < 4.78 is 15.3. The summed E-state index contributed by atoms with van der Waals surface area (Å²) in [6, 6.07) is 15.9. The summed E-state index contributed by atoms with van der Waals surface area (Å²) in [6.45, 7) is 6.50. The topological polar surface area (TPSA) is 76.0 Å². The Labute approximate surface area is 187 Å². The maximum absolute atomic E-state index is 13.4. The van der Waals surface area contributed by atoms with E-state index in [4.69, 9.17) is 0 Å². The minimum absolute atomic E-state index is 0.0440. The molecular formula is C25H29FN4O2. The Balaban J connectivity index is 1.72. The van der Waals surface area contributed by atoms with Gasteiger partial charge in [0.2, 0.25) is 11.8 Å². The van der Waals surface area contributed by atoms with Crippen LogP contribution in [0.25, 0.3) is 11.3 Å². The van der Waals surface area contributed by atoms with Gasteiger partial charge in [-0.1, -0.05) is 51.1 Å². The van der Waals surface area contributed by atoms with Gasteiger partial charge >= 0.3 is 0 Å². The van der Waals surface area contributed by atoms with Crippen LogP contribution >= 0.6 is 0 Å². The van der Waals surface area contributed by atoms with E-state index >= 15 is 0 Å². The number of benzene rings is 2. The Morgan fingerprint density at radius 2 is 1.72 bits per heavy atom. The second-order valence-electron chi connectivity index (χ2n) is 8.72. The fourth-order valence-electron chi connectivity index (χ4n) is 3.14. The molecule has 2 amide bonds. The van der Waals surface area contributed by atoms with Gasteiger partial charge in [-0.05, 0) is 36.2 Å². The Bertz CT molecular complexity index is 1050. The molecule has 0 fully saturated rings. The molecular weight excluding hydrogens is 407 g/mol. The molecule has 32 heavy (non-hydrogen) atoms. The number of nitrogens with one attached hydrogen (secondary N) is 2. The zero-order chi connectivity index (χ0) is 23.1. The Morgan fingerprint density at radius 3 is 2.38 bits per heavy atom. The van der Waals surface area contributed by atoms with Crippen molar-refractivity contribution in [2.75, 3.05) is 11.9 Å². The van der Waals surface area contributed by atoms with Crippen molar-refractivity contribution in [3.05, 3.63) is 72.3 Å². The smallest absolute Gasteiger partial charge is 0.225 e. The van der Waals surface area contributed by atoms with Crippen molar-refractivity contribution in [3.8, 4) is 11.3 Å². The normalized spacial score (nSPS) is 11.2. The van der Waals surface area contributed by atoms with E-state index in [1.54, 1.807) is 18.5 Å². The van der Waals surface area contributed by atoms with Crippen molar-refractivity contribution in [1.82, 2.24) is 14.9 Å². The zero-order valence-corrected chi connectivity index (χ0v) is 18.7. The van der Waals surface area contributed by atoms with Crippen molar-refractivity contribution in [2.24, 2.45) is 5.41 Å². The molecule has 0 aliphatic carbocycles. The molecule has 2 N–H and O–H groups in total. The summed E-state index contributed by atoms with van der Waals surface area (Å²) in [5, 5.41) is 5.82. The first-order chi connectivity index (χ1) is 15.2. The number of imidazole rings is 1. The quantitative estimate of drug-likeness (QED) is 0.506. The first-order valence-corrected chi connectivity index (χ1v) is 10.7. The summed E-state index contributed by atoms with van der Waals surface area (Å²) in [5.41, 5.74) is 1.90. The van der Waals surface area contributed by atoms with Gasteiger partial charge < -0.3 is 15.2 Å². The molecule has 7 heteroatoms. The molecule has 0 bridgehead atoms. The van der Waals surface area contributed by atoms with Crippen LogP contribution in [0.15, 0.2) is 60.9 Å². The predicted molar refractivity (Wildman–Crippen MR) is 123 cm³/mol. The standard InChI is InChI=1S/C25H29FN4O2/c1-25(2,3)24(32)27-15-7-10-21(31)29-23-22(19-11-13-20(26)14-12-19)28-17-30(23)16-18-8-5-4-6-9-18/h4-6,8-9,11-14,17H,7,10,15-16H2,1-3H3,(H,27,32)(H,29,31). The van der Waals surface area contributed by atoms with Gasteiger partial charge in [-0.3, -0.25) is 9.59 Å². The van der Waals surface area contributed by atoms with E-state index in [2.05, 4.69) is 15.6 Å². The fraction of sp³-hybridized carbons (Fsp3) is 0.320. The van der Waals surface area contributed by atoms with Gasteiger partial charge in [0.15, 0.2) is 0 Å².